The van der Waals surface area contributed by atoms with Gasteiger partial charge in [-0.25, -0.2) is 4.98 Å². The molecule has 3 N–H and O–H groups in total. The number of nitrogens with two attached hydrogens (primary N) is 1. The highest BCUT2D eigenvalue weighted by molar-refractivity contribution is 5.81. The molecule has 1 unspecified atom stereocenters. The summed E-state index contributed by atoms with van der Waals surface area (Å²) in [5.41, 5.74) is 8.09. The molecule has 106 valence electrons. The van der Waals surface area contributed by atoms with E-state index in [0.717, 1.165) is 36.0 Å². The maximum absolute atomic E-state index is 9.49. The number of piperidine rings is 1. The van der Waals surface area contributed by atoms with Gasteiger partial charge in [-0.05, 0) is 31.5 Å². The Hall–Kier alpha value is -1.65. The third-order valence-electron chi connectivity index (χ3n) is 4.17. The number of anilines is 1. The Morgan fingerprint density at radius 1 is 1.30 bits per heavy atom. The highest BCUT2D eigenvalue weighted by Crippen LogP contribution is 2.23. The SMILES string of the molecule is Nc1nc2ccccc2cc1CN1CCCCC1CO. The number of aliphatic hydroxyl groups is 1. The van der Waals surface area contributed by atoms with E-state index >= 15 is 0 Å². The molecule has 20 heavy (non-hydrogen) atoms. The Balaban J connectivity index is 1.87. The first-order chi connectivity index (χ1) is 9.78. The Kier molecular flexibility index (Phi) is 3.85. The fourth-order valence-electron chi connectivity index (χ4n) is 2.99. The second-order valence-electron chi connectivity index (χ2n) is 5.53. The largest absolute Gasteiger partial charge is 0.395 e. The van der Waals surface area contributed by atoms with Gasteiger partial charge in [0.2, 0.25) is 0 Å². The van der Waals surface area contributed by atoms with E-state index in [-0.39, 0.29) is 12.6 Å². The lowest BCUT2D eigenvalue weighted by molar-refractivity contribution is 0.0842. The molecule has 1 aliphatic heterocycles. The summed E-state index contributed by atoms with van der Waals surface area (Å²) < 4.78 is 0. The van der Waals surface area contributed by atoms with Crippen molar-refractivity contribution in [2.75, 3.05) is 18.9 Å². The fourth-order valence-corrected chi connectivity index (χ4v) is 2.99. The summed E-state index contributed by atoms with van der Waals surface area (Å²) in [4.78, 5) is 6.81. The van der Waals surface area contributed by atoms with E-state index in [4.69, 9.17) is 5.73 Å². The molecular formula is C16H21N3O. The zero-order valence-electron chi connectivity index (χ0n) is 11.6. The molecule has 0 amide bonds. The molecule has 1 saturated heterocycles. The van der Waals surface area contributed by atoms with Gasteiger partial charge in [0.05, 0.1) is 12.1 Å². The van der Waals surface area contributed by atoms with Gasteiger partial charge in [0.1, 0.15) is 5.82 Å². The fraction of sp³-hybridized carbons (Fsp3) is 0.438. The van der Waals surface area contributed by atoms with Crippen molar-refractivity contribution >= 4 is 16.7 Å². The Bertz CT molecular complexity index is 599. The zero-order chi connectivity index (χ0) is 13.9. The van der Waals surface area contributed by atoms with Crippen LogP contribution < -0.4 is 5.73 Å². The van der Waals surface area contributed by atoms with Crippen molar-refractivity contribution in [3.05, 3.63) is 35.9 Å². The molecule has 1 aromatic carbocycles. The zero-order valence-corrected chi connectivity index (χ0v) is 11.6. The standard InChI is InChI=1S/C16H21N3O/c17-16-13(9-12-5-1-2-7-15(12)18-16)10-19-8-4-3-6-14(19)11-20/h1-2,5,7,9,14,20H,3-4,6,8,10-11H2,(H2,17,18). The van der Waals surface area contributed by atoms with E-state index in [0.29, 0.717) is 5.82 Å². The number of hydrogen-bond donors (Lipinski definition) is 2. The molecule has 0 aliphatic carbocycles. The Morgan fingerprint density at radius 2 is 2.15 bits per heavy atom. The second-order valence-corrected chi connectivity index (χ2v) is 5.53. The van der Waals surface area contributed by atoms with Gasteiger partial charge in [-0.1, -0.05) is 24.6 Å². The van der Waals surface area contributed by atoms with Gasteiger partial charge >= 0.3 is 0 Å². The van der Waals surface area contributed by atoms with Gasteiger partial charge in [-0.2, -0.15) is 0 Å². The number of nitrogens with zero attached hydrogens (tertiary/aromatic N) is 2. The van der Waals surface area contributed by atoms with Gasteiger partial charge in [-0.3, -0.25) is 4.90 Å². The number of pyridine rings is 1. The minimum absolute atomic E-state index is 0.223. The first kappa shape index (κ1) is 13.3. The second kappa shape index (κ2) is 5.77. The van der Waals surface area contributed by atoms with Crippen LogP contribution in [0.15, 0.2) is 30.3 Å². The number of rotatable bonds is 3. The molecule has 3 rings (SSSR count). The lowest BCUT2D eigenvalue weighted by Gasteiger charge is -2.34. The van der Waals surface area contributed by atoms with Crippen molar-refractivity contribution in [3.63, 3.8) is 0 Å². The van der Waals surface area contributed by atoms with E-state index in [1.807, 2.05) is 18.2 Å². The van der Waals surface area contributed by atoms with Crippen LogP contribution in [0.25, 0.3) is 10.9 Å². The molecule has 0 saturated carbocycles. The van der Waals surface area contributed by atoms with Crippen LogP contribution in [0.1, 0.15) is 24.8 Å². The smallest absolute Gasteiger partial charge is 0.128 e. The van der Waals surface area contributed by atoms with Crippen LogP contribution >= 0.6 is 0 Å². The van der Waals surface area contributed by atoms with Gasteiger partial charge in [0.25, 0.3) is 0 Å². The average molecular weight is 271 g/mol. The minimum atomic E-state index is 0.223. The lowest BCUT2D eigenvalue weighted by atomic mass is 10.0. The first-order valence-electron chi connectivity index (χ1n) is 7.27. The topological polar surface area (TPSA) is 62.4 Å². The quantitative estimate of drug-likeness (QED) is 0.898. The molecule has 2 aromatic rings. The number of hydrogen-bond acceptors (Lipinski definition) is 4. The molecule has 2 heterocycles. The van der Waals surface area contributed by atoms with Gasteiger partial charge in [-0.15, -0.1) is 0 Å². The number of nitrogen functional groups attached to an aromatic ring is 1. The third-order valence-corrected chi connectivity index (χ3v) is 4.17. The summed E-state index contributed by atoms with van der Waals surface area (Å²) in [6.45, 7) is 2.02. The van der Waals surface area contributed by atoms with E-state index in [9.17, 15) is 5.11 Å². The molecule has 0 bridgehead atoms. The monoisotopic (exact) mass is 271 g/mol. The van der Waals surface area contributed by atoms with Gasteiger partial charge in [0, 0.05) is 23.5 Å². The van der Waals surface area contributed by atoms with E-state index in [1.165, 1.54) is 12.8 Å². The average Bonchev–Trinajstić information content (AvgIpc) is 2.48. The van der Waals surface area contributed by atoms with Gasteiger partial charge in [0.15, 0.2) is 0 Å². The normalized spacial score (nSPS) is 20.4. The summed E-state index contributed by atoms with van der Waals surface area (Å²) >= 11 is 0. The molecule has 1 aliphatic rings. The van der Waals surface area contributed by atoms with Crippen LogP contribution in [0, 0.1) is 0 Å². The third kappa shape index (κ3) is 2.62. The van der Waals surface area contributed by atoms with Crippen molar-refractivity contribution in [2.45, 2.75) is 31.8 Å². The van der Waals surface area contributed by atoms with E-state index in [1.54, 1.807) is 0 Å². The molecule has 1 fully saturated rings. The van der Waals surface area contributed by atoms with Crippen LogP contribution in [0.2, 0.25) is 0 Å². The summed E-state index contributed by atoms with van der Waals surface area (Å²) in [5, 5.41) is 10.6. The molecule has 1 atom stereocenters. The number of para-hydroxylation sites is 1. The molecule has 4 heteroatoms. The van der Waals surface area contributed by atoms with Crippen LogP contribution in [0.5, 0.6) is 0 Å². The van der Waals surface area contributed by atoms with E-state index in [2.05, 4.69) is 22.0 Å². The van der Waals surface area contributed by atoms with Crippen LogP contribution in [-0.4, -0.2) is 34.2 Å². The Labute approximate surface area is 119 Å². The maximum Gasteiger partial charge on any atom is 0.128 e. The number of likely N-dealkylation sites (tertiary alicyclic amines) is 1. The predicted molar refractivity (Wildman–Crippen MR) is 81.3 cm³/mol. The first-order valence-corrected chi connectivity index (χ1v) is 7.27. The number of fused-ring (bicyclic) bond motifs is 1. The summed E-state index contributed by atoms with van der Waals surface area (Å²) in [6.07, 6.45) is 3.46. The van der Waals surface area contributed by atoms with Crippen LogP contribution in [0.3, 0.4) is 0 Å². The summed E-state index contributed by atoms with van der Waals surface area (Å²) in [5.74, 6) is 0.603. The minimum Gasteiger partial charge on any atom is -0.395 e. The summed E-state index contributed by atoms with van der Waals surface area (Å²) in [6, 6.07) is 10.4. The van der Waals surface area contributed by atoms with Gasteiger partial charge < -0.3 is 10.8 Å². The van der Waals surface area contributed by atoms with Crippen molar-refractivity contribution in [2.24, 2.45) is 0 Å². The number of benzene rings is 1. The predicted octanol–water partition coefficient (Wildman–Crippen LogP) is 2.16. The summed E-state index contributed by atoms with van der Waals surface area (Å²) in [7, 11) is 0. The van der Waals surface area contributed by atoms with Crippen LogP contribution in [-0.2, 0) is 6.54 Å². The number of aromatic nitrogens is 1. The van der Waals surface area contributed by atoms with Crippen molar-refractivity contribution in [1.82, 2.24) is 9.88 Å². The molecule has 0 radical (unpaired) electrons. The van der Waals surface area contributed by atoms with Crippen molar-refractivity contribution < 1.29 is 5.11 Å². The van der Waals surface area contributed by atoms with Crippen molar-refractivity contribution in [1.29, 1.82) is 0 Å². The Morgan fingerprint density at radius 3 is 3.00 bits per heavy atom. The van der Waals surface area contributed by atoms with Crippen molar-refractivity contribution in [3.8, 4) is 0 Å². The number of aliphatic hydroxyl groups excluding tert-OH is 1. The molecule has 1 aromatic heterocycles. The highest BCUT2D eigenvalue weighted by Gasteiger charge is 2.22. The molecule has 0 spiro atoms. The van der Waals surface area contributed by atoms with Crippen LogP contribution in [0.4, 0.5) is 5.82 Å². The lowest BCUT2D eigenvalue weighted by Crippen LogP contribution is -2.41. The highest BCUT2D eigenvalue weighted by atomic mass is 16.3. The molecule has 4 nitrogen and oxygen atoms in total. The van der Waals surface area contributed by atoms with E-state index < -0.39 is 0 Å². The maximum atomic E-state index is 9.49. The molecular weight excluding hydrogens is 250 g/mol.